The molecule has 1 aliphatic rings. The molecule has 0 spiro atoms. The Hall–Kier alpha value is -2.04. The Morgan fingerprint density at radius 2 is 1.29 bits per heavy atom. The second-order valence-corrected chi connectivity index (χ2v) is 6.45. The minimum Gasteiger partial charge on any atom is -0.508 e. The van der Waals surface area contributed by atoms with Crippen LogP contribution in [0.2, 0.25) is 0 Å². The van der Waals surface area contributed by atoms with Gasteiger partial charge in [0.05, 0.1) is 5.92 Å². The Morgan fingerprint density at radius 3 is 1.75 bits per heavy atom. The molecule has 1 N–H and O–H groups in total. The first-order valence-corrected chi connectivity index (χ1v) is 7.93. The number of hydrogen-bond donors (Lipinski definition) is 1. The Kier molecular flexibility index (Phi) is 4.28. The summed E-state index contributed by atoms with van der Waals surface area (Å²) in [6, 6.07) is 12.5. The zero-order valence-corrected chi connectivity index (χ0v) is 13.0. The first-order chi connectivity index (χ1) is 11.3. The van der Waals surface area contributed by atoms with Gasteiger partial charge in [0, 0.05) is 5.41 Å². The smallest absolute Gasteiger partial charge is 0.391 e. The lowest BCUT2D eigenvalue weighted by molar-refractivity contribution is -0.184. The second-order valence-electron chi connectivity index (χ2n) is 6.45. The summed E-state index contributed by atoms with van der Waals surface area (Å²) in [6.07, 6.45) is -3.41. The number of phenolic OH excluding ortho intramolecular Hbond substituents is 1. The van der Waals surface area contributed by atoms with Gasteiger partial charge in [-0.1, -0.05) is 24.3 Å². The van der Waals surface area contributed by atoms with Crippen molar-refractivity contribution in [2.75, 3.05) is 0 Å². The molecular formula is C19H18F4O. The van der Waals surface area contributed by atoms with Crippen molar-refractivity contribution in [3.8, 4) is 5.75 Å². The van der Waals surface area contributed by atoms with Gasteiger partial charge in [-0.15, -0.1) is 0 Å². The molecule has 1 saturated carbocycles. The summed E-state index contributed by atoms with van der Waals surface area (Å²) < 4.78 is 52.3. The maximum atomic E-state index is 13.3. The minimum atomic E-state index is -4.18. The number of aromatic hydroxyl groups is 1. The highest BCUT2D eigenvalue weighted by Gasteiger charge is 2.47. The average molecular weight is 338 g/mol. The van der Waals surface area contributed by atoms with Gasteiger partial charge in [-0.3, -0.25) is 0 Å². The second kappa shape index (κ2) is 6.11. The Morgan fingerprint density at radius 1 is 0.833 bits per heavy atom. The van der Waals surface area contributed by atoms with E-state index in [4.69, 9.17) is 0 Å². The Labute approximate surface area is 137 Å². The third kappa shape index (κ3) is 3.12. The van der Waals surface area contributed by atoms with Crippen molar-refractivity contribution in [1.29, 1.82) is 0 Å². The van der Waals surface area contributed by atoms with Gasteiger partial charge in [0.1, 0.15) is 11.6 Å². The molecular weight excluding hydrogens is 320 g/mol. The zero-order valence-electron chi connectivity index (χ0n) is 13.0. The molecule has 3 rings (SSSR count). The summed E-state index contributed by atoms with van der Waals surface area (Å²) in [5.74, 6) is -1.55. The Bertz CT molecular complexity index is 633. The van der Waals surface area contributed by atoms with Crippen LogP contribution in [-0.2, 0) is 5.41 Å². The number of rotatable bonds is 2. The fourth-order valence-electron chi connectivity index (χ4n) is 3.73. The zero-order chi connectivity index (χ0) is 17.4. The third-order valence-electron chi connectivity index (χ3n) is 5.12. The molecule has 0 heterocycles. The van der Waals surface area contributed by atoms with Crippen molar-refractivity contribution in [3.05, 3.63) is 65.5 Å². The maximum Gasteiger partial charge on any atom is 0.391 e. The molecule has 5 heteroatoms. The van der Waals surface area contributed by atoms with Crippen LogP contribution in [0.3, 0.4) is 0 Å². The van der Waals surface area contributed by atoms with Crippen LogP contribution >= 0.6 is 0 Å². The summed E-state index contributed by atoms with van der Waals surface area (Å²) in [4.78, 5) is 0. The van der Waals surface area contributed by atoms with Crippen LogP contribution in [0.4, 0.5) is 17.6 Å². The standard InChI is InChI=1S/C19H18F4O/c20-16-5-1-13(2-6-16)18(14-3-7-17(24)8-4-14)11-9-15(10-12-18)19(21,22)23/h1-8,15,24H,9-12H2. The average Bonchev–Trinajstić information content (AvgIpc) is 2.55. The molecule has 1 aliphatic carbocycles. The fourth-order valence-corrected chi connectivity index (χ4v) is 3.73. The minimum absolute atomic E-state index is 0.0434. The van der Waals surface area contributed by atoms with E-state index in [1.54, 1.807) is 24.3 Å². The van der Waals surface area contributed by atoms with Crippen molar-refractivity contribution in [2.45, 2.75) is 37.3 Å². The van der Waals surface area contributed by atoms with Crippen molar-refractivity contribution >= 4 is 0 Å². The highest BCUT2D eigenvalue weighted by atomic mass is 19.4. The largest absolute Gasteiger partial charge is 0.508 e. The van der Waals surface area contributed by atoms with Crippen molar-refractivity contribution in [1.82, 2.24) is 0 Å². The summed E-state index contributed by atoms with van der Waals surface area (Å²) in [5.41, 5.74) is 1.09. The summed E-state index contributed by atoms with van der Waals surface area (Å²) in [6.45, 7) is 0. The van der Waals surface area contributed by atoms with Gasteiger partial charge in [-0.05, 0) is 61.1 Å². The summed E-state index contributed by atoms with van der Waals surface area (Å²) in [7, 11) is 0. The SMILES string of the molecule is Oc1ccc(C2(c3ccc(F)cc3)CCC(C(F)(F)F)CC2)cc1. The van der Waals surface area contributed by atoms with E-state index in [0.717, 1.165) is 11.1 Å². The van der Waals surface area contributed by atoms with Gasteiger partial charge >= 0.3 is 6.18 Å². The molecule has 0 aromatic heterocycles. The number of alkyl halides is 3. The molecule has 24 heavy (non-hydrogen) atoms. The van der Waals surface area contributed by atoms with E-state index in [2.05, 4.69) is 0 Å². The quantitative estimate of drug-likeness (QED) is 0.710. The van der Waals surface area contributed by atoms with Gasteiger partial charge in [0.25, 0.3) is 0 Å². The van der Waals surface area contributed by atoms with Gasteiger partial charge in [-0.2, -0.15) is 13.2 Å². The fraction of sp³-hybridized carbons (Fsp3) is 0.368. The van der Waals surface area contributed by atoms with E-state index in [9.17, 15) is 22.7 Å². The molecule has 0 atom stereocenters. The summed E-state index contributed by atoms with van der Waals surface area (Å²) in [5, 5.41) is 9.50. The lowest BCUT2D eigenvalue weighted by Gasteiger charge is -2.41. The highest BCUT2D eigenvalue weighted by Crippen LogP contribution is 2.50. The third-order valence-corrected chi connectivity index (χ3v) is 5.12. The van der Waals surface area contributed by atoms with Crippen molar-refractivity contribution in [3.63, 3.8) is 0 Å². The summed E-state index contributed by atoms with van der Waals surface area (Å²) >= 11 is 0. The molecule has 0 aliphatic heterocycles. The number of hydrogen-bond acceptors (Lipinski definition) is 1. The molecule has 0 bridgehead atoms. The first kappa shape index (κ1) is 16.8. The molecule has 0 amide bonds. The molecule has 0 radical (unpaired) electrons. The van der Waals surface area contributed by atoms with E-state index in [0.29, 0.717) is 12.8 Å². The van der Waals surface area contributed by atoms with Crippen LogP contribution in [0.15, 0.2) is 48.5 Å². The molecule has 0 unspecified atom stereocenters. The lowest BCUT2D eigenvalue weighted by atomic mass is 9.63. The van der Waals surface area contributed by atoms with Crippen LogP contribution in [-0.4, -0.2) is 11.3 Å². The van der Waals surface area contributed by atoms with Crippen LogP contribution in [0, 0.1) is 11.7 Å². The van der Waals surface area contributed by atoms with Crippen molar-refractivity contribution < 1.29 is 22.7 Å². The van der Waals surface area contributed by atoms with E-state index in [-0.39, 0.29) is 24.4 Å². The Balaban J connectivity index is 2.00. The topological polar surface area (TPSA) is 20.2 Å². The van der Waals surface area contributed by atoms with E-state index < -0.39 is 17.5 Å². The van der Waals surface area contributed by atoms with Crippen LogP contribution in [0.1, 0.15) is 36.8 Å². The molecule has 1 nitrogen and oxygen atoms in total. The van der Waals surface area contributed by atoms with Gasteiger partial charge in [0.2, 0.25) is 0 Å². The predicted molar refractivity (Wildman–Crippen MR) is 83.3 cm³/mol. The van der Waals surface area contributed by atoms with Gasteiger partial charge < -0.3 is 5.11 Å². The van der Waals surface area contributed by atoms with Gasteiger partial charge in [0.15, 0.2) is 0 Å². The number of halogens is 4. The molecule has 0 saturated heterocycles. The predicted octanol–water partition coefficient (Wildman–Crippen LogP) is 5.57. The monoisotopic (exact) mass is 338 g/mol. The lowest BCUT2D eigenvalue weighted by Crippen LogP contribution is -2.37. The number of benzene rings is 2. The van der Waals surface area contributed by atoms with Crippen molar-refractivity contribution in [2.24, 2.45) is 5.92 Å². The van der Waals surface area contributed by atoms with Crippen LogP contribution < -0.4 is 0 Å². The molecule has 1 fully saturated rings. The maximum absolute atomic E-state index is 13.3. The molecule has 2 aromatic carbocycles. The molecule has 2 aromatic rings. The van der Waals surface area contributed by atoms with Crippen LogP contribution in [0.5, 0.6) is 5.75 Å². The van der Waals surface area contributed by atoms with Gasteiger partial charge in [-0.25, -0.2) is 4.39 Å². The van der Waals surface area contributed by atoms with E-state index >= 15 is 0 Å². The normalized spacial score (nSPS) is 24.8. The number of phenols is 1. The first-order valence-electron chi connectivity index (χ1n) is 7.93. The highest BCUT2D eigenvalue weighted by molar-refractivity contribution is 5.42. The van der Waals surface area contributed by atoms with Crippen LogP contribution in [0.25, 0.3) is 0 Å². The van der Waals surface area contributed by atoms with E-state index in [1.165, 1.54) is 24.3 Å². The van der Waals surface area contributed by atoms with E-state index in [1.807, 2.05) is 0 Å². The molecule has 128 valence electrons.